The number of hydrogen-bond acceptors (Lipinski definition) is 1. The molecule has 0 atom stereocenters. The van der Waals surface area contributed by atoms with Crippen LogP contribution in [0.3, 0.4) is 0 Å². The molecule has 0 radical (unpaired) electrons. The summed E-state index contributed by atoms with van der Waals surface area (Å²) < 4.78 is 0. The molecule has 0 amide bonds. The molecule has 0 bridgehead atoms. The average Bonchev–Trinajstić information content (AvgIpc) is 2.85. The molecule has 1 aliphatic rings. The summed E-state index contributed by atoms with van der Waals surface area (Å²) in [4.78, 5) is 11.5. The first kappa shape index (κ1) is 9.84. The standard InChI is InChI=1S/C17H12O/c18-10-16-13-6-2-1-5-12(13)14-7-3-4-11-8-9-15(16)17(11)14/h1-7,10H,8-9H2. The Labute approximate surface area is 105 Å². The van der Waals surface area contributed by atoms with Gasteiger partial charge in [-0.05, 0) is 45.5 Å². The van der Waals surface area contributed by atoms with Gasteiger partial charge in [-0.1, -0.05) is 42.5 Å². The lowest BCUT2D eigenvalue weighted by Crippen LogP contribution is -1.92. The van der Waals surface area contributed by atoms with Crippen LogP contribution in [0.2, 0.25) is 0 Å². The summed E-state index contributed by atoms with van der Waals surface area (Å²) in [5.41, 5.74) is 3.52. The van der Waals surface area contributed by atoms with Gasteiger partial charge in [0, 0.05) is 5.56 Å². The van der Waals surface area contributed by atoms with E-state index < -0.39 is 0 Å². The van der Waals surface area contributed by atoms with Crippen molar-refractivity contribution < 1.29 is 4.79 Å². The lowest BCUT2D eigenvalue weighted by atomic mass is 9.93. The molecule has 0 spiro atoms. The third-order valence-corrected chi connectivity index (χ3v) is 4.05. The zero-order valence-electron chi connectivity index (χ0n) is 9.94. The first-order valence-corrected chi connectivity index (χ1v) is 6.30. The summed E-state index contributed by atoms with van der Waals surface area (Å²) in [5, 5.41) is 4.90. The van der Waals surface area contributed by atoms with Crippen molar-refractivity contribution >= 4 is 27.8 Å². The molecular weight excluding hydrogens is 220 g/mol. The van der Waals surface area contributed by atoms with Crippen LogP contribution < -0.4 is 0 Å². The zero-order chi connectivity index (χ0) is 12.1. The number of rotatable bonds is 1. The van der Waals surface area contributed by atoms with Crippen LogP contribution in [0.15, 0.2) is 42.5 Å². The van der Waals surface area contributed by atoms with Crippen molar-refractivity contribution in [2.45, 2.75) is 12.8 Å². The number of carbonyl (C=O) groups excluding carboxylic acids is 1. The van der Waals surface area contributed by atoms with E-state index in [4.69, 9.17) is 0 Å². The SMILES string of the molecule is O=Cc1c2c3c(cccc3c3ccccc13)CC2. The van der Waals surface area contributed by atoms with Crippen LogP contribution in [0, 0.1) is 0 Å². The van der Waals surface area contributed by atoms with E-state index in [0.717, 1.165) is 30.1 Å². The molecule has 1 aliphatic carbocycles. The molecule has 1 nitrogen and oxygen atoms in total. The van der Waals surface area contributed by atoms with Gasteiger partial charge in [0.25, 0.3) is 0 Å². The first-order valence-electron chi connectivity index (χ1n) is 6.30. The summed E-state index contributed by atoms with van der Waals surface area (Å²) >= 11 is 0. The fourth-order valence-electron chi connectivity index (χ4n) is 3.29. The molecule has 0 fully saturated rings. The highest BCUT2D eigenvalue weighted by Crippen LogP contribution is 2.38. The molecule has 0 saturated carbocycles. The van der Waals surface area contributed by atoms with Crippen molar-refractivity contribution in [2.24, 2.45) is 0 Å². The van der Waals surface area contributed by atoms with Gasteiger partial charge in [-0.2, -0.15) is 0 Å². The van der Waals surface area contributed by atoms with Gasteiger partial charge < -0.3 is 0 Å². The number of benzene rings is 3. The molecule has 3 aromatic rings. The van der Waals surface area contributed by atoms with E-state index in [1.165, 1.54) is 27.3 Å². The van der Waals surface area contributed by atoms with Gasteiger partial charge >= 0.3 is 0 Å². The number of carbonyl (C=O) groups is 1. The van der Waals surface area contributed by atoms with E-state index in [2.05, 4.69) is 30.3 Å². The minimum atomic E-state index is 0.892. The Morgan fingerprint density at radius 1 is 0.833 bits per heavy atom. The predicted molar refractivity (Wildman–Crippen MR) is 74.2 cm³/mol. The van der Waals surface area contributed by atoms with Gasteiger partial charge in [-0.3, -0.25) is 4.79 Å². The number of aryl methyl sites for hydroxylation is 2. The molecule has 0 unspecified atom stereocenters. The summed E-state index contributed by atoms with van der Waals surface area (Å²) in [7, 11) is 0. The Bertz CT molecular complexity index is 799. The molecule has 3 aromatic carbocycles. The van der Waals surface area contributed by atoms with Gasteiger partial charge in [-0.15, -0.1) is 0 Å². The van der Waals surface area contributed by atoms with Crippen molar-refractivity contribution in [3.63, 3.8) is 0 Å². The number of fused-ring (bicyclic) bond motifs is 2. The molecule has 18 heavy (non-hydrogen) atoms. The van der Waals surface area contributed by atoms with E-state index >= 15 is 0 Å². The molecule has 86 valence electrons. The van der Waals surface area contributed by atoms with Crippen molar-refractivity contribution in [3.8, 4) is 0 Å². The van der Waals surface area contributed by atoms with Crippen molar-refractivity contribution in [2.75, 3.05) is 0 Å². The van der Waals surface area contributed by atoms with Crippen molar-refractivity contribution in [3.05, 3.63) is 59.2 Å². The third kappa shape index (κ3) is 1.09. The fraction of sp³-hybridized carbons (Fsp3) is 0.118. The topological polar surface area (TPSA) is 17.1 Å². The molecule has 0 aromatic heterocycles. The predicted octanol–water partition coefficient (Wildman–Crippen LogP) is 3.90. The molecule has 0 aliphatic heterocycles. The Morgan fingerprint density at radius 3 is 2.44 bits per heavy atom. The van der Waals surface area contributed by atoms with E-state index in [1.54, 1.807) is 0 Å². The second kappa shape index (κ2) is 3.42. The van der Waals surface area contributed by atoms with Gasteiger partial charge in [0.2, 0.25) is 0 Å². The smallest absolute Gasteiger partial charge is 0.150 e. The Hall–Kier alpha value is -2.15. The monoisotopic (exact) mass is 232 g/mol. The Morgan fingerprint density at radius 2 is 1.61 bits per heavy atom. The van der Waals surface area contributed by atoms with Gasteiger partial charge in [-0.25, -0.2) is 0 Å². The van der Waals surface area contributed by atoms with Crippen molar-refractivity contribution in [1.82, 2.24) is 0 Å². The Balaban J connectivity index is 2.38. The van der Waals surface area contributed by atoms with Crippen LogP contribution in [0.4, 0.5) is 0 Å². The van der Waals surface area contributed by atoms with Crippen LogP contribution >= 0.6 is 0 Å². The van der Waals surface area contributed by atoms with Crippen LogP contribution in [-0.2, 0) is 12.8 Å². The highest BCUT2D eigenvalue weighted by atomic mass is 16.1. The molecule has 0 heterocycles. The lowest BCUT2D eigenvalue weighted by Gasteiger charge is -2.10. The van der Waals surface area contributed by atoms with Crippen molar-refractivity contribution in [1.29, 1.82) is 0 Å². The first-order chi connectivity index (χ1) is 8.90. The summed E-state index contributed by atoms with van der Waals surface area (Å²) in [6.45, 7) is 0. The van der Waals surface area contributed by atoms with Crippen LogP contribution in [-0.4, -0.2) is 6.29 Å². The zero-order valence-corrected chi connectivity index (χ0v) is 9.94. The maximum Gasteiger partial charge on any atom is 0.150 e. The summed E-state index contributed by atoms with van der Waals surface area (Å²) in [5.74, 6) is 0. The number of aldehydes is 1. The van der Waals surface area contributed by atoms with E-state index in [0.29, 0.717) is 0 Å². The molecule has 0 saturated heterocycles. The number of hydrogen-bond donors (Lipinski definition) is 0. The maximum atomic E-state index is 11.5. The second-order valence-corrected chi connectivity index (χ2v) is 4.90. The lowest BCUT2D eigenvalue weighted by molar-refractivity contribution is 0.112. The van der Waals surface area contributed by atoms with Crippen LogP contribution in [0.5, 0.6) is 0 Å². The highest BCUT2D eigenvalue weighted by molar-refractivity contribution is 6.16. The minimum Gasteiger partial charge on any atom is -0.298 e. The van der Waals surface area contributed by atoms with Crippen LogP contribution in [0.1, 0.15) is 21.5 Å². The molecule has 4 rings (SSSR count). The Kier molecular flexibility index (Phi) is 1.87. The molecule has 0 N–H and O–H groups in total. The molecular formula is C17H12O. The summed E-state index contributed by atoms with van der Waals surface area (Å²) in [6, 6.07) is 14.7. The molecule has 1 heteroatoms. The van der Waals surface area contributed by atoms with Gasteiger partial charge in [0.05, 0.1) is 0 Å². The van der Waals surface area contributed by atoms with Gasteiger partial charge in [0.15, 0.2) is 6.29 Å². The summed E-state index contributed by atoms with van der Waals surface area (Å²) in [6.07, 6.45) is 3.08. The maximum absolute atomic E-state index is 11.5. The third-order valence-electron chi connectivity index (χ3n) is 4.05. The fourth-order valence-corrected chi connectivity index (χ4v) is 3.29. The van der Waals surface area contributed by atoms with Crippen LogP contribution in [0.25, 0.3) is 21.5 Å². The van der Waals surface area contributed by atoms with E-state index in [-0.39, 0.29) is 0 Å². The van der Waals surface area contributed by atoms with E-state index in [1.807, 2.05) is 12.1 Å². The largest absolute Gasteiger partial charge is 0.298 e. The highest BCUT2D eigenvalue weighted by Gasteiger charge is 2.20. The second-order valence-electron chi connectivity index (χ2n) is 4.90. The minimum absolute atomic E-state index is 0.892. The van der Waals surface area contributed by atoms with E-state index in [9.17, 15) is 4.79 Å². The quantitative estimate of drug-likeness (QED) is 0.459. The van der Waals surface area contributed by atoms with Gasteiger partial charge in [0.1, 0.15) is 0 Å². The normalized spacial score (nSPS) is 13.3. The average molecular weight is 232 g/mol.